The molecule has 1 saturated heterocycles. The van der Waals surface area contributed by atoms with Crippen LogP contribution in [0.3, 0.4) is 0 Å². The fraction of sp³-hybridized carbons (Fsp3) is 0.600. The van der Waals surface area contributed by atoms with Gasteiger partial charge in [0.1, 0.15) is 12.6 Å². The number of alkyl halides is 3. The molecular weight excluding hydrogens is 193 g/mol. The van der Waals surface area contributed by atoms with Crippen molar-refractivity contribution in [3.8, 4) is 0 Å². The van der Waals surface area contributed by atoms with E-state index in [1.165, 1.54) is 5.32 Å². The Kier molecular flexibility index (Phi) is 2.41. The van der Waals surface area contributed by atoms with E-state index in [1.54, 1.807) is 5.48 Å². The van der Waals surface area contributed by atoms with Crippen molar-refractivity contribution in [1.82, 2.24) is 10.8 Å². The van der Waals surface area contributed by atoms with Crippen molar-refractivity contribution in [1.29, 1.82) is 0 Å². The number of nitrogens with one attached hydrogen (secondary N) is 2. The first kappa shape index (κ1) is 9.78. The molecule has 2 amide bonds. The SMILES string of the molecule is O=C1NOCC1NC(=O)C(F)(F)F. The van der Waals surface area contributed by atoms with Gasteiger partial charge >= 0.3 is 12.1 Å². The van der Waals surface area contributed by atoms with Gasteiger partial charge in [0.15, 0.2) is 0 Å². The molecule has 1 unspecified atom stereocenters. The van der Waals surface area contributed by atoms with Crippen LogP contribution < -0.4 is 10.8 Å². The van der Waals surface area contributed by atoms with Gasteiger partial charge in [0.05, 0.1) is 0 Å². The van der Waals surface area contributed by atoms with E-state index in [2.05, 4.69) is 4.84 Å². The number of rotatable bonds is 1. The molecule has 1 fully saturated rings. The third-order valence-corrected chi connectivity index (χ3v) is 1.30. The monoisotopic (exact) mass is 198 g/mol. The Balaban J connectivity index is 2.49. The lowest BCUT2D eigenvalue weighted by molar-refractivity contribution is -0.174. The maximum atomic E-state index is 11.6. The van der Waals surface area contributed by atoms with Crippen LogP contribution in [0.5, 0.6) is 0 Å². The molecule has 8 heteroatoms. The first-order valence-electron chi connectivity index (χ1n) is 3.20. The third kappa shape index (κ3) is 2.31. The summed E-state index contributed by atoms with van der Waals surface area (Å²) in [7, 11) is 0. The quantitative estimate of drug-likeness (QED) is 0.573. The van der Waals surface area contributed by atoms with Crippen LogP contribution in [0.15, 0.2) is 0 Å². The summed E-state index contributed by atoms with van der Waals surface area (Å²) in [6.45, 7) is -0.305. The Bertz CT molecular complexity index is 240. The Morgan fingerprint density at radius 3 is 2.62 bits per heavy atom. The zero-order valence-corrected chi connectivity index (χ0v) is 6.14. The van der Waals surface area contributed by atoms with E-state index in [4.69, 9.17) is 0 Å². The standard InChI is InChI=1S/C5H5F3N2O3/c6-5(7,8)4(12)9-2-1-13-10-3(2)11/h2H,1H2,(H,9,12)(H,10,11). The van der Waals surface area contributed by atoms with Crippen LogP contribution in [-0.2, 0) is 14.4 Å². The van der Waals surface area contributed by atoms with Gasteiger partial charge in [-0.3, -0.25) is 14.4 Å². The number of carbonyl (C=O) groups excluding carboxylic acids is 2. The molecule has 13 heavy (non-hydrogen) atoms. The first-order valence-corrected chi connectivity index (χ1v) is 3.20. The van der Waals surface area contributed by atoms with Crippen LogP contribution >= 0.6 is 0 Å². The van der Waals surface area contributed by atoms with Gasteiger partial charge in [-0.2, -0.15) is 13.2 Å². The molecule has 74 valence electrons. The summed E-state index contributed by atoms with van der Waals surface area (Å²) in [5, 5.41) is 1.47. The molecule has 0 aliphatic carbocycles. The van der Waals surface area contributed by atoms with E-state index in [0.717, 1.165) is 0 Å². The summed E-state index contributed by atoms with van der Waals surface area (Å²) >= 11 is 0. The van der Waals surface area contributed by atoms with E-state index < -0.39 is 24.0 Å². The normalized spacial score (nSPS) is 22.7. The summed E-state index contributed by atoms with van der Waals surface area (Å²) in [6, 6.07) is -1.27. The van der Waals surface area contributed by atoms with Crippen molar-refractivity contribution in [2.24, 2.45) is 0 Å². The van der Waals surface area contributed by atoms with Crippen molar-refractivity contribution in [3.05, 3.63) is 0 Å². The molecule has 0 aromatic rings. The van der Waals surface area contributed by atoms with Crippen LogP contribution in [0.1, 0.15) is 0 Å². The van der Waals surface area contributed by atoms with Gasteiger partial charge in [-0.05, 0) is 0 Å². The summed E-state index contributed by atoms with van der Waals surface area (Å²) in [5.41, 5.74) is 1.81. The minimum Gasteiger partial charge on any atom is -0.334 e. The Hall–Kier alpha value is -1.31. The van der Waals surface area contributed by atoms with Crippen LogP contribution in [0.2, 0.25) is 0 Å². The molecule has 0 saturated carbocycles. The number of carbonyl (C=O) groups is 2. The lowest BCUT2D eigenvalue weighted by atomic mass is 10.3. The smallest absolute Gasteiger partial charge is 0.334 e. The van der Waals surface area contributed by atoms with Gasteiger partial charge in [-0.1, -0.05) is 0 Å². The molecule has 1 atom stereocenters. The van der Waals surface area contributed by atoms with Gasteiger partial charge in [0, 0.05) is 0 Å². The van der Waals surface area contributed by atoms with Gasteiger partial charge in [0.2, 0.25) is 0 Å². The topological polar surface area (TPSA) is 67.4 Å². The molecule has 1 aliphatic rings. The summed E-state index contributed by atoms with van der Waals surface area (Å²) in [5.74, 6) is -2.95. The van der Waals surface area contributed by atoms with Gasteiger partial charge in [-0.15, -0.1) is 0 Å². The molecule has 0 aromatic heterocycles. The average Bonchev–Trinajstić information content (AvgIpc) is 2.34. The fourth-order valence-electron chi connectivity index (χ4n) is 0.690. The number of hydrogen-bond donors (Lipinski definition) is 2. The Morgan fingerprint density at radius 1 is 1.62 bits per heavy atom. The molecule has 5 nitrogen and oxygen atoms in total. The molecule has 0 radical (unpaired) electrons. The van der Waals surface area contributed by atoms with E-state index in [0.29, 0.717) is 0 Å². The second kappa shape index (κ2) is 3.21. The lowest BCUT2D eigenvalue weighted by Gasteiger charge is -2.09. The van der Waals surface area contributed by atoms with Gasteiger partial charge < -0.3 is 5.32 Å². The van der Waals surface area contributed by atoms with Crippen molar-refractivity contribution in [2.75, 3.05) is 6.61 Å². The Labute approximate surface area is 70.2 Å². The van der Waals surface area contributed by atoms with Crippen molar-refractivity contribution >= 4 is 11.8 Å². The van der Waals surface area contributed by atoms with E-state index in [1.807, 2.05) is 0 Å². The molecule has 2 N–H and O–H groups in total. The lowest BCUT2D eigenvalue weighted by Crippen LogP contribution is -2.47. The molecular formula is C5H5F3N2O3. The maximum Gasteiger partial charge on any atom is 0.471 e. The van der Waals surface area contributed by atoms with Crippen molar-refractivity contribution < 1.29 is 27.6 Å². The highest BCUT2D eigenvalue weighted by atomic mass is 19.4. The molecule has 0 bridgehead atoms. The average molecular weight is 198 g/mol. The van der Waals surface area contributed by atoms with Crippen LogP contribution in [0, 0.1) is 0 Å². The predicted molar refractivity (Wildman–Crippen MR) is 32.1 cm³/mol. The minimum absolute atomic E-state index is 0.305. The summed E-state index contributed by atoms with van der Waals surface area (Å²) in [6.07, 6.45) is -4.98. The third-order valence-electron chi connectivity index (χ3n) is 1.30. The molecule has 1 aliphatic heterocycles. The summed E-state index contributed by atoms with van der Waals surface area (Å²) < 4.78 is 34.9. The number of hydrogen-bond acceptors (Lipinski definition) is 3. The van der Waals surface area contributed by atoms with Crippen molar-refractivity contribution in [2.45, 2.75) is 12.2 Å². The zero-order valence-electron chi connectivity index (χ0n) is 6.14. The molecule has 0 spiro atoms. The Morgan fingerprint density at radius 2 is 2.23 bits per heavy atom. The molecule has 1 heterocycles. The second-order valence-electron chi connectivity index (χ2n) is 2.30. The largest absolute Gasteiger partial charge is 0.471 e. The highest BCUT2D eigenvalue weighted by molar-refractivity contribution is 5.90. The van der Waals surface area contributed by atoms with E-state index >= 15 is 0 Å². The number of hydroxylamine groups is 1. The van der Waals surface area contributed by atoms with Crippen molar-refractivity contribution in [3.63, 3.8) is 0 Å². The number of amides is 2. The highest BCUT2D eigenvalue weighted by Crippen LogP contribution is 2.14. The highest BCUT2D eigenvalue weighted by Gasteiger charge is 2.41. The van der Waals surface area contributed by atoms with E-state index in [9.17, 15) is 22.8 Å². The fourth-order valence-corrected chi connectivity index (χ4v) is 0.690. The zero-order chi connectivity index (χ0) is 10.1. The van der Waals surface area contributed by atoms with Crippen LogP contribution in [0.4, 0.5) is 13.2 Å². The van der Waals surface area contributed by atoms with Crippen LogP contribution in [0.25, 0.3) is 0 Å². The summed E-state index contributed by atoms with van der Waals surface area (Å²) in [4.78, 5) is 25.2. The number of halogens is 3. The van der Waals surface area contributed by atoms with E-state index in [-0.39, 0.29) is 6.61 Å². The maximum absolute atomic E-state index is 11.6. The van der Waals surface area contributed by atoms with Crippen LogP contribution in [-0.4, -0.2) is 30.6 Å². The first-order chi connectivity index (χ1) is 5.91. The van der Waals surface area contributed by atoms with Gasteiger partial charge in [0.25, 0.3) is 5.91 Å². The second-order valence-corrected chi connectivity index (χ2v) is 2.30. The predicted octanol–water partition coefficient (Wildman–Crippen LogP) is -0.905. The molecule has 1 rings (SSSR count). The molecule has 0 aromatic carbocycles. The minimum atomic E-state index is -4.98. The van der Waals surface area contributed by atoms with Gasteiger partial charge in [-0.25, -0.2) is 5.48 Å².